The number of benzene rings is 3. The van der Waals surface area contributed by atoms with E-state index in [1.54, 1.807) is 13.8 Å². The van der Waals surface area contributed by atoms with Crippen LogP contribution < -0.4 is 14.2 Å². The van der Waals surface area contributed by atoms with Gasteiger partial charge in [0.05, 0.1) is 41.7 Å². The first kappa shape index (κ1) is 32.2. The van der Waals surface area contributed by atoms with Crippen molar-refractivity contribution in [1.82, 2.24) is 9.21 Å². The summed E-state index contributed by atoms with van der Waals surface area (Å²) in [6.07, 6.45) is -0.748. The Hall–Kier alpha value is -3.72. The number of ether oxygens (including phenoxy) is 2. The fourth-order valence-electron chi connectivity index (χ4n) is 4.61. The number of rotatable bonds is 10. The van der Waals surface area contributed by atoms with Gasteiger partial charge in [-0.25, -0.2) is 21.2 Å². The van der Waals surface area contributed by atoms with Crippen LogP contribution in [0, 0.1) is 11.7 Å². The zero-order valence-electron chi connectivity index (χ0n) is 24.1. The highest BCUT2D eigenvalue weighted by molar-refractivity contribution is 7.92. The number of hydrogen-bond donors (Lipinski definition) is 2. The number of amides is 1. The standard InChI is InChI=1S/C29H34FN3O8S2/c1-19-16-33(20(2)18-34)29(35)26-15-22(31-42(36,37)24-12-8-23(40-4)9-13-24)7-14-27(26)41-28(19)17-32(3)43(38,39)25-10-5-21(30)6-11-25/h5-15,19-20,28,31,34H,16-18H2,1-4H3/t19-,20-,28-/m1/s1. The van der Waals surface area contributed by atoms with Gasteiger partial charge in [-0.15, -0.1) is 0 Å². The van der Waals surface area contributed by atoms with Crippen LogP contribution in [-0.2, 0) is 20.0 Å². The number of fused-ring (bicyclic) bond motifs is 1. The number of aliphatic hydroxyl groups is 1. The van der Waals surface area contributed by atoms with E-state index in [1.807, 2.05) is 0 Å². The first-order valence-electron chi connectivity index (χ1n) is 13.4. The number of halogens is 1. The van der Waals surface area contributed by atoms with Crippen LogP contribution in [-0.4, -0.2) is 83.1 Å². The third-order valence-corrected chi connectivity index (χ3v) is 10.5. The smallest absolute Gasteiger partial charge is 0.261 e. The van der Waals surface area contributed by atoms with Crippen molar-refractivity contribution in [2.45, 2.75) is 35.8 Å². The van der Waals surface area contributed by atoms with Gasteiger partial charge in [0.25, 0.3) is 15.9 Å². The molecule has 1 aliphatic heterocycles. The van der Waals surface area contributed by atoms with Gasteiger partial charge in [-0.05, 0) is 73.7 Å². The average molecular weight is 636 g/mol. The first-order valence-corrected chi connectivity index (χ1v) is 16.3. The van der Waals surface area contributed by atoms with E-state index in [0.29, 0.717) is 5.75 Å². The second-order valence-corrected chi connectivity index (χ2v) is 14.1. The van der Waals surface area contributed by atoms with Crippen molar-refractivity contribution in [3.63, 3.8) is 0 Å². The number of methoxy groups -OCH3 is 1. The monoisotopic (exact) mass is 635 g/mol. The number of hydrogen-bond acceptors (Lipinski definition) is 8. The zero-order chi connectivity index (χ0) is 31.5. The average Bonchev–Trinajstić information content (AvgIpc) is 2.98. The first-order chi connectivity index (χ1) is 20.3. The fourth-order valence-corrected chi connectivity index (χ4v) is 6.84. The molecule has 0 unspecified atom stereocenters. The minimum absolute atomic E-state index is 0.0163. The zero-order valence-corrected chi connectivity index (χ0v) is 25.7. The maximum atomic E-state index is 13.7. The van der Waals surface area contributed by atoms with E-state index in [-0.39, 0.29) is 52.4 Å². The number of likely N-dealkylation sites (N-methyl/N-ethyl adjacent to an activating group) is 1. The minimum Gasteiger partial charge on any atom is -0.497 e. The van der Waals surface area contributed by atoms with Gasteiger partial charge in [-0.2, -0.15) is 4.31 Å². The van der Waals surface area contributed by atoms with E-state index in [4.69, 9.17) is 9.47 Å². The van der Waals surface area contributed by atoms with Crippen molar-refractivity contribution in [2.75, 3.05) is 38.6 Å². The number of nitrogens with one attached hydrogen (secondary N) is 1. The lowest BCUT2D eigenvalue weighted by Crippen LogP contribution is -2.50. The van der Waals surface area contributed by atoms with E-state index >= 15 is 0 Å². The van der Waals surface area contributed by atoms with E-state index in [2.05, 4.69) is 4.72 Å². The Morgan fingerprint density at radius 2 is 1.70 bits per heavy atom. The van der Waals surface area contributed by atoms with Crippen LogP contribution >= 0.6 is 0 Å². The molecule has 1 amide bonds. The summed E-state index contributed by atoms with van der Waals surface area (Å²) in [5.41, 5.74) is 0.139. The van der Waals surface area contributed by atoms with Gasteiger partial charge in [-0.1, -0.05) is 6.92 Å². The number of sulfonamides is 2. The molecule has 0 radical (unpaired) electrons. The molecule has 0 saturated carbocycles. The van der Waals surface area contributed by atoms with Gasteiger partial charge in [0.2, 0.25) is 10.0 Å². The Morgan fingerprint density at radius 3 is 2.30 bits per heavy atom. The van der Waals surface area contributed by atoms with Crippen molar-refractivity contribution < 1.29 is 40.6 Å². The van der Waals surface area contributed by atoms with Gasteiger partial charge in [-0.3, -0.25) is 9.52 Å². The Morgan fingerprint density at radius 1 is 1.07 bits per heavy atom. The predicted molar refractivity (Wildman–Crippen MR) is 158 cm³/mol. The molecule has 0 fully saturated rings. The van der Waals surface area contributed by atoms with E-state index in [0.717, 1.165) is 16.4 Å². The normalized spacial score (nSPS) is 18.3. The number of carbonyl (C=O) groups is 1. The summed E-state index contributed by atoms with van der Waals surface area (Å²) in [5.74, 6) is -0.828. The Balaban J connectivity index is 1.67. The molecule has 0 aromatic heterocycles. The molecule has 43 heavy (non-hydrogen) atoms. The quantitative estimate of drug-likeness (QED) is 0.346. The van der Waals surface area contributed by atoms with Gasteiger partial charge < -0.3 is 19.5 Å². The van der Waals surface area contributed by atoms with Crippen LogP contribution in [0.1, 0.15) is 24.2 Å². The molecule has 3 aromatic rings. The highest BCUT2D eigenvalue weighted by Gasteiger charge is 2.35. The molecule has 4 rings (SSSR count). The summed E-state index contributed by atoms with van der Waals surface area (Å²) in [6.45, 7) is 3.15. The highest BCUT2D eigenvalue weighted by atomic mass is 32.2. The maximum absolute atomic E-state index is 13.7. The van der Waals surface area contributed by atoms with E-state index in [1.165, 1.54) is 73.7 Å². The minimum atomic E-state index is -4.02. The SMILES string of the molecule is COc1ccc(S(=O)(=O)Nc2ccc3c(c2)C(=O)N([C@H](C)CO)C[C@@H](C)[C@@H](CN(C)S(=O)(=O)c2ccc(F)cc2)O3)cc1. The summed E-state index contributed by atoms with van der Waals surface area (Å²) < 4.78 is 80.8. The second-order valence-electron chi connectivity index (χ2n) is 10.4. The van der Waals surface area contributed by atoms with Crippen LogP contribution in [0.15, 0.2) is 76.5 Å². The van der Waals surface area contributed by atoms with Crippen LogP contribution in [0.5, 0.6) is 11.5 Å². The number of aliphatic hydroxyl groups excluding tert-OH is 1. The highest BCUT2D eigenvalue weighted by Crippen LogP contribution is 2.32. The van der Waals surface area contributed by atoms with Crippen molar-refractivity contribution >= 4 is 31.6 Å². The molecule has 3 atom stereocenters. The molecular weight excluding hydrogens is 601 g/mol. The van der Waals surface area contributed by atoms with Crippen LogP contribution in [0.3, 0.4) is 0 Å². The molecule has 232 valence electrons. The lowest BCUT2D eigenvalue weighted by atomic mass is 9.99. The van der Waals surface area contributed by atoms with E-state index < -0.39 is 43.9 Å². The molecule has 0 spiro atoms. The molecule has 2 N–H and O–H groups in total. The number of nitrogens with zero attached hydrogens (tertiary/aromatic N) is 2. The summed E-state index contributed by atoms with van der Waals surface area (Å²) in [5, 5.41) is 9.90. The van der Waals surface area contributed by atoms with Gasteiger partial charge in [0, 0.05) is 25.2 Å². The van der Waals surface area contributed by atoms with Gasteiger partial charge in [0.15, 0.2) is 0 Å². The van der Waals surface area contributed by atoms with E-state index in [9.17, 15) is 31.1 Å². The maximum Gasteiger partial charge on any atom is 0.261 e. The fraction of sp³-hybridized carbons (Fsp3) is 0.345. The van der Waals surface area contributed by atoms with Gasteiger partial charge in [0.1, 0.15) is 23.4 Å². The Kier molecular flexibility index (Phi) is 9.64. The molecule has 14 heteroatoms. The summed E-state index contributed by atoms with van der Waals surface area (Å²) >= 11 is 0. The van der Waals surface area contributed by atoms with Crippen molar-refractivity contribution in [1.29, 1.82) is 0 Å². The molecule has 0 aliphatic carbocycles. The lowest BCUT2D eigenvalue weighted by molar-refractivity contribution is 0.0387. The third-order valence-electron chi connectivity index (χ3n) is 7.25. The molecular formula is C29H34FN3O8S2. The third kappa shape index (κ3) is 7.09. The summed E-state index contributed by atoms with van der Waals surface area (Å²) in [7, 11) is -5.18. The second kappa shape index (κ2) is 12.9. The van der Waals surface area contributed by atoms with Crippen LogP contribution in [0.4, 0.5) is 10.1 Å². The number of carbonyl (C=O) groups excluding carboxylic acids is 1. The predicted octanol–water partition coefficient (Wildman–Crippen LogP) is 3.18. The summed E-state index contributed by atoms with van der Waals surface area (Å²) in [6, 6.07) is 13.9. The van der Waals surface area contributed by atoms with Gasteiger partial charge >= 0.3 is 0 Å². The topological polar surface area (TPSA) is 143 Å². The van der Waals surface area contributed by atoms with Crippen molar-refractivity contribution in [2.24, 2.45) is 5.92 Å². The Labute approximate surface area is 250 Å². The van der Waals surface area contributed by atoms with Crippen molar-refractivity contribution in [3.05, 3.63) is 78.1 Å². The molecule has 0 bridgehead atoms. The largest absolute Gasteiger partial charge is 0.497 e. The lowest BCUT2D eigenvalue weighted by Gasteiger charge is -2.38. The van der Waals surface area contributed by atoms with Crippen LogP contribution in [0.2, 0.25) is 0 Å². The Bertz CT molecular complexity index is 1670. The summed E-state index contributed by atoms with van der Waals surface area (Å²) in [4.78, 5) is 15.1. The molecule has 1 aliphatic rings. The number of anilines is 1. The molecule has 0 saturated heterocycles. The molecule has 11 nitrogen and oxygen atoms in total. The molecule has 1 heterocycles. The molecule has 3 aromatic carbocycles. The van der Waals surface area contributed by atoms with Crippen LogP contribution in [0.25, 0.3) is 0 Å². The van der Waals surface area contributed by atoms with Crippen molar-refractivity contribution in [3.8, 4) is 11.5 Å².